The van der Waals surface area contributed by atoms with Gasteiger partial charge in [0.15, 0.2) is 0 Å². The molecule has 0 aliphatic rings. The number of methoxy groups -OCH3 is 2. The molecule has 0 amide bonds. The Morgan fingerprint density at radius 1 is 1.06 bits per heavy atom. The summed E-state index contributed by atoms with van der Waals surface area (Å²) >= 11 is 0. The molecule has 0 atom stereocenters. The molecule has 0 bridgehead atoms. The second-order valence-electron chi connectivity index (χ2n) is 3.94. The molecule has 0 aromatic heterocycles. The zero-order valence-corrected chi connectivity index (χ0v) is 10.2. The Kier molecular flexibility index (Phi) is 4.65. The van der Waals surface area contributed by atoms with Crippen LogP contribution in [0.5, 0.6) is 0 Å². The smallest absolute Gasteiger partial charge is 0.222 e. The minimum atomic E-state index is -0.815. The van der Waals surface area contributed by atoms with Crippen LogP contribution in [0.1, 0.15) is 35.7 Å². The molecule has 3 nitrogen and oxygen atoms in total. The van der Waals surface area contributed by atoms with E-state index in [0.717, 1.165) is 0 Å². The topological polar surface area (TPSA) is 35.5 Å². The van der Waals surface area contributed by atoms with Gasteiger partial charge in [-0.1, -0.05) is 38.1 Å². The number of rotatable bonds is 5. The van der Waals surface area contributed by atoms with Crippen molar-refractivity contribution in [2.24, 2.45) is 0 Å². The average Bonchev–Trinajstić information content (AvgIpc) is 2.30. The lowest BCUT2D eigenvalue weighted by Gasteiger charge is -2.12. The van der Waals surface area contributed by atoms with E-state index in [1.807, 2.05) is 24.3 Å². The predicted octanol–water partition coefficient (Wildman–Crippen LogP) is 2.61. The van der Waals surface area contributed by atoms with Crippen LogP contribution in [0.3, 0.4) is 0 Å². The summed E-state index contributed by atoms with van der Waals surface area (Å²) in [5.41, 5.74) is 1.82. The number of carbonyl (C=O) groups is 1. The zero-order valence-electron chi connectivity index (χ0n) is 10.2. The van der Waals surface area contributed by atoms with E-state index in [2.05, 4.69) is 13.8 Å². The third-order valence-electron chi connectivity index (χ3n) is 2.50. The number of ketones is 1. The van der Waals surface area contributed by atoms with Gasteiger partial charge in [-0.25, -0.2) is 0 Å². The van der Waals surface area contributed by atoms with Crippen LogP contribution in [0.25, 0.3) is 0 Å². The van der Waals surface area contributed by atoms with Gasteiger partial charge >= 0.3 is 0 Å². The Balaban J connectivity index is 2.85. The maximum absolute atomic E-state index is 11.8. The Morgan fingerprint density at radius 2 is 1.56 bits per heavy atom. The second-order valence-corrected chi connectivity index (χ2v) is 3.94. The van der Waals surface area contributed by atoms with Crippen molar-refractivity contribution in [2.45, 2.75) is 26.1 Å². The van der Waals surface area contributed by atoms with Gasteiger partial charge in [0.1, 0.15) is 0 Å². The van der Waals surface area contributed by atoms with E-state index < -0.39 is 6.29 Å². The molecule has 0 aliphatic heterocycles. The minimum absolute atomic E-state index is 0.152. The normalized spacial score (nSPS) is 11.1. The summed E-state index contributed by atoms with van der Waals surface area (Å²) in [6.45, 7) is 4.23. The molecule has 0 heterocycles. The first kappa shape index (κ1) is 12.9. The van der Waals surface area contributed by atoms with Crippen molar-refractivity contribution < 1.29 is 14.3 Å². The summed E-state index contributed by atoms with van der Waals surface area (Å²) in [7, 11) is 2.91. The SMILES string of the molecule is COC(OC)C(=O)c1ccc(C(C)C)cc1. The molecular weight excluding hydrogens is 204 g/mol. The highest BCUT2D eigenvalue weighted by molar-refractivity contribution is 5.98. The van der Waals surface area contributed by atoms with E-state index in [9.17, 15) is 4.79 Å². The van der Waals surface area contributed by atoms with Gasteiger partial charge in [0.05, 0.1) is 0 Å². The van der Waals surface area contributed by atoms with Crippen molar-refractivity contribution in [2.75, 3.05) is 14.2 Å². The van der Waals surface area contributed by atoms with Crippen LogP contribution in [0.4, 0.5) is 0 Å². The standard InChI is InChI=1S/C13H18O3/c1-9(2)10-5-7-11(8-6-10)12(14)13(15-3)16-4/h5-9,13H,1-4H3. The lowest BCUT2D eigenvalue weighted by atomic mass is 10.0. The number of benzene rings is 1. The fraction of sp³-hybridized carbons (Fsp3) is 0.462. The van der Waals surface area contributed by atoms with E-state index in [4.69, 9.17) is 9.47 Å². The summed E-state index contributed by atoms with van der Waals surface area (Å²) in [6, 6.07) is 7.53. The largest absolute Gasteiger partial charge is 0.349 e. The molecule has 0 saturated heterocycles. The van der Waals surface area contributed by atoms with Gasteiger partial charge in [-0.2, -0.15) is 0 Å². The fourth-order valence-corrected chi connectivity index (χ4v) is 1.48. The number of hydrogen-bond acceptors (Lipinski definition) is 3. The van der Waals surface area contributed by atoms with Gasteiger partial charge in [-0.3, -0.25) is 4.79 Å². The molecule has 16 heavy (non-hydrogen) atoms. The van der Waals surface area contributed by atoms with Crippen molar-refractivity contribution in [3.05, 3.63) is 35.4 Å². The average molecular weight is 222 g/mol. The van der Waals surface area contributed by atoms with E-state index >= 15 is 0 Å². The van der Waals surface area contributed by atoms with Crippen LogP contribution in [0, 0.1) is 0 Å². The summed E-state index contributed by atoms with van der Waals surface area (Å²) in [5, 5.41) is 0. The maximum Gasteiger partial charge on any atom is 0.222 e. The van der Waals surface area contributed by atoms with Crippen LogP contribution in [-0.4, -0.2) is 26.3 Å². The Hall–Kier alpha value is -1.19. The van der Waals surface area contributed by atoms with Gasteiger partial charge in [-0.05, 0) is 11.5 Å². The summed E-state index contributed by atoms with van der Waals surface area (Å²) in [5.74, 6) is 0.310. The molecule has 0 fully saturated rings. The third-order valence-corrected chi connectivity index (χ3v) is 2.50. The van der Waals surface area contributed by atoms with Crippen LogP contribution in [0.2, 0.25) is 0 Å². The van der Waals surface area contributed by atoms with E-state index in [-0.39, 0.29) is 5.78 Å². The molecule has 0 radical (unpaired) electrons. The van der Waals surface area contributed by atoms with Gasteiger partial charge in [0.25, 0.3) is 0 Å². The Bertz CT molecular complexity index is 337. The molecule has 0 aliphatic carbocycles. The second kappa shape index (κ2) is 5.77. The number of hydrogen-bond donors (Lipinski definition) is 0. The van der Waals surface area contributed by atoms with Crippen molar-refractivity contribution in [1.82, 2.24) is 0 Å². The molecular formula is C13H18O3. The molecule has 0 unspecified atom stereocenters. The molecule has 3 heteroatoms. The summed E-state index contributed by atoms with van der Waals surface area (Å²) in [6.07, 6.45) is -0.815. The van der Waals surface area contributed by atoms with E-state index in [1.54, 1.807) is 0 Å². The van der Waals surface area contributed by atoms with Gasteiger partial charge in [0.2, 0.25) is 12.1 Å². The minimum Gasteiger partial charge on any atom is -0.349 e. The summed E-state index contributed by atoms with van der Waals surface area (Å²) < 4.78 is 9.84. The van der Waals surface area contributed by atoms with Gasteiger partial charge < -0.3 is 9.47 Å². The summed E-state index contributed by atoms with van der Waals surface area (Å²) in [4.78, 5) is 11.8. The van der Waals surface area contributed by atoms with Crippen LogP contribution >= 0.6 is 0 Å². The van der Waals surface area contributed by atoms with Crippen molar-refractivity contribution in [3.63, 3.8) is 0 Å². The first-order chi connectivity index (χ1) is 7.60. The Labute approximate surface area is 96.4 Å². The quantitative estimate of drug-likeness (QED) is 0.567. The molecule has 1 aromatic rings. The maximum atomic E-state index is 11.8. The predicted molar refractivity (Wildman–Crippen MR) is 62.7 cm³/mol. The molecule has 88 valence electrons. The monoisotopic (exact) mass is 222 g/mol. The highest BCUT2D eigenvalue weighted by atomic mass is 16.7. The van der Waals surface area contributed by atoms with Crippen molar-refractivity contribution >= 4 is 5.78 Å². The molecule has 0 N–H and O–H groups in total. The highest BCUT2D eigenvalue weighted by Crippen LogP contribution is 2.16. The first-order valence-electron chi connectivity index (χ1n) is 5.30. The molecule has 0 spiro atoms. The van der Waals surface area contributed by atoms with Gasteiger partial charge in [-0.15, -0.1) is 0 Å². The number of Topliss-reactive ketones (excluding diaryl/α,β-unsaturated/α-hetero) is 1. The van der Waals surface area contributed by atoms with Crippen LogP contribution < -0.4 is 0 Å². The van der Waals surface area contributed by atoms with Crippen molar-refractivity contribution in [3.8, 4) is 0 Å². The zero-order chi connectivity index (χ0) is 12.1. The van der Waals surface area contributed by atoms with Crippen LogP contribution in [0.15, 0.2) is 24.3 Å². The first-order valence-corrected chi connectivity index (χ1v) is 5.30. The highest BCUT2D eigenvalue weighted by Gasteiger charge is 2.18. The van der Waals surface area contributed by atoms with Gasteiger partial charge in [0, 0.05) is 19.8 Å². The Morgan fingerprint density at radius 3 is 1.94 bits per heavy atom. The number of carbonyl (C=O) groups excluding carboxylic acids is 1. The number of ether oxygens (including phenoxy) is 2. The van der Waals surface area contributed by atoms with E-state index in [0.29, 0.717) is 11.5 Å². The van der Waals surface area contributed by atoms with Crippen molar-refractivity contribution in [1.29, 1.82) is 0 Å². The third kappa shape index (κ3) is 2.90. The lowest BCUT2D eigenvalue weighted by Crippen LogP contribution is -2.24. The lowest BCUT2D eigenvalue weighted by molar-refractivity contribution is -0.0742. The van der Waals surface area contributed by atoms with E-state index in [1.165, 1.54) is 19.8 Å². The van der Waals surface area contributed by atoms with Crippen LogP contribution in [-0.2, 0) is 9.47 Å². The fourth-order valence-electron chi connectivity index (χ4n) is 1.48. The molecule has 1 aromatic carbocycles. The molecule has 0 saturated carbocycles. The molecule has 1 rings (SSSR count).